The van der Waals surface area contributed by atoms with Crippen LogP contribution in [0.3, 0.4) is 0 Å². The smallest absolute Gasteiger partial charge is 0.374 e. The van der Waals surface area contributed by atoms with E-state index in [4.69, 9.17) is 25.5 Å². The van der Waals surface area contributed by atoms with Gasteiger partial charge in [0.1, 0.15) is 0 Å². The van der Waals surface area contributed by atoms with Gasteiger partial charge < -0.3 is 13.3 Å². The first-order chi connectivity index (χ1) is 6.74. The van der Waals surface area contributed by atoms with Crippen molar-refractivity contribution in [1.29, 1.82) is 0 Å². The second-order valence-corrected chi connectivity index (χ2v) is 5.75. The first-order valence-electron chi connectivity index (χ1n) is 5.10. The third kappa shape index (κ3) is 5.16. The fraction of sp³-hybridized carbons (Fsp3) is 0.889. The maximum atomic E-state index is 5.64. The van der Waals surface area contributed by atoms with Gasteiger partial charge in [0.25, 0.3) is 0 Å². The van der Waals surface area contributed by atoms with E-state index in [2.05, 4.69) is 0 Å². The van der Waals surface area contributed by atoms with Gasteiger partial charge in [0.15, 0.2) is 0 Å². The molecule has 0 spiro atoms. The van der Waals surface area contributed by atoms with Gasteiger partial charge in [-0.2, -0.15) is 0 Å². The van der Waals surface area contributed by atoms with Crippen molar-refractivity contribution >= 4 is 26.4 Å². The fourth-order valence-electron chi connectivity index (χ4n) is 1.24. The highest BCUT2D eigenvalue weighted by molar-refractivity contribution is 7.78. The summed E-state index contributed by atoms with van der Waals surface area (Å²) in [6, 6.07) is 0.784. The van der Waals surface area contributed by atoms with Gasteiger partial charge in [0.05, 0.1) is 0 Å². The molecule has 0 aliphatic rings. The maximum Gasteiger partial charge on any atom is 0.501 e. The second-order valence-electron chi connectivity index (χ2n) is 2.69. The minimum Gasteiger partial charge on any atom is -0.374 e. The summed E-state index contributed by atoms with van der Waals surface area (Å²) < 4.78 is 16.9. The zero-order valence-corrected chi connectivity index (χ0v) is 11.1. The van der Waals surface area contributed by atoms with E-state index in [9.17, 15) is 0 Å². The van der Waals surface area contributed by atoms with E-state index in [0.29, 0.717) is 19.8 Å². The van der Waals surface area contributed by atoms with Crippen LogP contribution in [0.25, 0.3) is 0 Å². The van der Waals surface area contributed by atoms with E-state index in [-0.39, 0.29) is 0 Å². The normalized spacial score (nSPS) is 11.6. The predicted octanol–water partition coefficient (Wildman–Crippen LogP) is 2.42. The van der Waals surface area contributed by atoms with Crippen molar-refractivity contribution in [2.75, 3.05) is 19.8 Å². The quantitative estimate of drug-likeness (QED) is 0.454. The molecule has 0 unspecified atom stereocenters. The van der Waals surface area contributed by atoms with Gasteiger partial charge >= 0.3 is 8.80 Å². The molecule has 0 heterocycles. The molecular weight excluding hydrogens is 216 g/mol. The summed E-state index contributed by atoms with van der Waals surface area (Å²) in [6.07, 6.45) is 0.807. The van der Waals surface area contributed by atoms with Crippen LogP contribution in [-0.4, -0.2) is 34.0 Å². The molecule has 14 heavy (non-hydrogen) atoms. The van der Waals surface area contributed by atoms with Crippen molar-refractivity contribution in [3.05, 3.63) is 0 Å². The predicted molar refractivity (Wildman–Crippen MR) is 63.7 cm³/mol. The number of hydrogen-bond donors (Lipinski definition) is 0. The summed E-state index contributed by atoms with van der Waals surface area (Å²) in [4.78, 5) is 0. The average molecular weight is 236 g/mol. The van der Waals surface area contributed by atoms with E-state index in [0.717, 1.165) is 12.5 Å². The minimum absolute atomic E-state index is 0.629. The summed E-state index contributed by atoms with van der Waals surface area (Å²) in [6.45, 7) is 7.75. The van der Waals surface area contributed by atoms with Crippen LogP contribution in [0.4, 0.5) is 0 Å². The van der Waals surface area contributed by atoms with E-state index in [1.165, 1.54) is 0 Å². The summed E-state index contributed by atoms with van der Waals surface area (Å²) in [5.74, 6) is 0. The van der Waals surface area contributed by atoms with E-state index in [1.54, 1.807) is 5.37 Å². The Balaban J connectivity index is 4.28. The molecule has 0 fully saturated rings. The first-order valence-corrected chi connectivity index (χ1v) is 7.50. The summed E-state index contributed by atoms with van der Waals surface area (Å²) >= 11 is 4.80. The summed E-state index contributed by atoms with van der Waals surface area (Å²) in [5, 5.41) is 1.71. The Morgan fingerprint density at radius 1 is 1.00 bits per heavy atom. The highest BCUT2D eigenvalue weighted by Crippen LogP contribution is 2.17. The summed E-state index contributed by atoms with van der Waals surface area (Å²) in [7, 11) is -2.41. The lowest BCUT2D eigenvalue weighted by Crippen LogP contribution is -2.45. The fourth-order valence-corrected chi connectivity index (χ4v) is 4.06. The largest absolute Gasteiger partial charge is 0.501 e. The van der Waals surface area contributed by atoms with Crippen molar-refractivity contribution < 1.29 is 13.3 Å². The van der Waals surface area contributed by atoms with Crippen molar-refractivity contribution in [3.8, 4) is 0 Å². The molecule has 84 valence electrons. The van der Waals surface area contributed by atoms with Crippen LogP contribution >= 0.6 is 12.2 Å². The molecule has 0 amide bonds. The van der Waals surface area contributed by atoms with Crippen LogP contribution in [0.2, 0.25) is 6.04 Å². The van der Waals surface area contributed by atoms with Crippen LogP contribution in [0, 0.1) is 0 Å². The van der Waals surface area contributed by atoms with Crippen molar-refractivity contribution in [2.45, 2.75) is 33.2 Å². The Morgan fingerprint density at radius 2 is 1.43 bits per heavy atom. The molecule has 0 aromatic rings. The standard InChI is InChI=1S/C9H20O3SSi/c1-4-10-14(11-5-2,12-6-3)9-7-8-13/h8H,4-7,9H2,1-3H3. The summed E-state index contributed by atoms with van der Waals surface area (Å²) in [5.41, 5.74) is 0. The lowest BCUT2D eigenvalue weighted by molar-refractivity contribution is 0.0719. The molecule has 0 aliphatic carbocycles. The van der Waals surface area contributed by atoms with Crippen LogP contribution in [0.1, 0.15) is 27.2 Å². The van der Waals surface area contributed by atoms with Gasteiger partial charge in [0, 0.05) is 25.9 Å². The first kappa shape index (κ1) is 14.2. The van der Waals surface area contributed by atoms with Crippen molar-refractivity contribution in [3.63, 3.8) is 0 Å². The second kappa shape index (κ2) is 8.49. The molecule has 0 rings (SSSR count). The Labute approximate surface area is 93.1 Å². The number of thiocarbonyl (C=S) groups is 1. The molecule has 5 heteroatoms. The topological polar surface area (TPSA) is 27.7 Å². The molecule has 0 saturated carbocycles. The monoisotopic (exact) mass is 236 g/mol. The molecule has 0 aromatic heterocycles. The lowest BCUT2D eigenvalue weighted by atomic mass is 10.6. The van der Waals surface area contributed by atoms with Gasteiger partial charge in [-0.1, -0.05) is 12.2 Å². The van der Waals surface area contributed by atoms with E-state index < -0.39 is 8.80 Å². The van der Waals surface area contributed by atoms with Crippen LogP contribution in [0.15, 0.2) is 0 Å². The Bertz CT molecular complexity index is 138. The molecular formula is C9H20O3SSi. The lowest BCUT2D eigenvalue weighted by Gasteiger charge is -2.27. The number of hydrogen-bond acceptors (Lipinski definition) is 4. The van der Waals surface area contributed by atoms with Crippen molar-refractivity contribution in [1.82, 2.24) is 0 Å². The highest BCUT2D eigenvalue weighted by Gasteiger charge is 2.39. The maximum absolute atomic E-state index is 5.64. The third-order valence-electron chi connectivity index (χ3n) is 1.66. The number of rotatable bonds is 9. The SMILES string of the molecule is CCO[Si](CCC=S)(OCC)OCC. The molecule has 0 aromatic carbocycles. The van der Waals surface area contributed by atoms with Crippen LogP contribution < -0.4 is 0 Å². The average Bonchev–Trinajstić information content (AvgIpc) is 2.16. The van der Waals surface area contributed by atoms with Gasteiger partial charge in [-0.25, -0.2) is 0 Å². The van der Waals surface area contributed by atoms with Gasteiger partial charge in [-0.15, -0.1) is 0 Å². The molecule has 0 atom stereocenters. The van der Waals surface area contributed by atoms with Gasteiger partial charge in [-0.05, 0) is 32.6 Å². The van der Waals surface area contributed by atoms with E-state index >= 15 is 0 Å². The molecule has 3 nitrogen and oxygen atoms in total. The molecule has 0 bridgehead atoms. The molecule has 0 N–H and O–H groups in total. The minimum atomic E-state index is -2.41. The third-order valence-corrected chi connectivity index (χ3v) is 4.98. The Hall–Kier alpha value is 0.187. The highest BCUT2D eigenvalue weighted by atomic mass is 32.1. The molecule has 0 saturated heterocycles. The Kier molecular flexibility index (Phi) is 8.60. The Morgan fingerprint density at radius 3 is 1.71 bits per heavy atom. The molecule has 0 radical (unpaired) electrons. The van der Waals surface area contributed by atoms with Crippen LogP contribution in [-0.2, 0) is 13.3 Å². The van der Waals surface area contributed by atoms with Gasteiger partial charge in [0.2, 0.25) is 0 Å². The van der Waals surface area contributed by atoms with E-state index in [1.807, 2.05) is 20.8 Å². The molecule has 0 aliphatic heterocycles. The van der Waals surface area contributed by atoms with Crippen LogP contribution in [0.5, 0.6) is 0 Å². The van der Waals surface area contributed by atoms with Gasteiger partial charge in [-0.3, -0.25) is 0 Å². The zero-order chi connectivity index (χ0) is 10.9. The van der Waals surface area contributed by atoms with Crippen molar-refractivity contribution in [2.24, 2.45) is 0 Å². The zero-order valence-electron chi connectivity index (χ0n) is 9.25.